The monoisotopic (exact) mass is 312 g/mol. The van der Waals surface area contributed by atoms with E-state index in [0.717, 1.165) is 0 Å². The van der Waals surface area contributed by atoms with Crippen molar-refractivity contribution < 1.29 is 19.2 Å². The molecule has 8 heteroatoms. The fourth-order valence-corrected chi connectivity index (χ4v) is 1.94. The highest BCUT2D eigenvalue weighted by molar-refractivity contribution is 5.85. The van der Waals surface area contributed by atoms with Gasteiger partial charge in [-0.05, 0) is 25.7 Å². The van der Waals surface area contributed by atoms with Gasteiger partial charge in [-0.25, -0.2) is 0 Å². The molecule has 8 nitrogen and oxygen atoms in total. The van der Waals surface area contributed by atoms with Crippen LogP contribution in [0, 0.1) is 0 Å². The number of nitrogens with one attached hydrogen (secondary N) is 4. The van der Waals surface area contributed by atoms with Gasteiger partial charge < -0.3 is 21.3 Å². The molecule has 22 heavy (non-hydrogen) atoms. The van der Waals surface area contributed by atoms with Crippen LogP contribution in [0.15, 0.2) is 0 Å². The summed E-state index contributed by atoms with van der Waals surface area (Å²) in [4.78, 5) is 45.9. The third-order valence-corrected chi connectivity index (χ3v) is 3.20. The highest BCUT2D eigenvalue weighted by Crippen LogP contribution is 1.95. The molecule has 0 saturated carbocycles. The summed E-state index contributed by atoms with van der Waals surface area (Å²) in [5.41, 5.74) is 0. The molecular weight excluding hydrogens is 288 g/mol. The van der Waals surface area contributed by atoms with E-state index in [-0.39, 0.29) is 36.7 Å². The van der Waals surface area contributed by atoms with Crippen molar-refractivity contribution in [2.24, 2.45) is 0 Å². The molecule has 0 atom stereocenters. The second kappa shape index (κ2) is 10.6. The van der Waals surface area contributed by atoms with Crippen LogP contribution in [0.2, 0.25) is 0 Å². The molecule has 0 radical (unpaired) electrons. The molecular formula is C14H24N4O4. The Bertz CT molecular complexity index is 338. The normalized spacial score (nSPS) is 20.7. The molecule has 0 aromatic heterocycles. The summed E-state index contributed by atoms with van der Waals surface area (Å²) in [6.07, 6.45) is 3.22. The standard InChI is InChI=1S/C14H24N4O4/c19-11-5-1-3-7-15-13(21)10-18-12(20)6-2-4-8-16-14(22)9-17-11/h1-10H2,(H,15,21)(H,16,22)(H,17,19)(H,18,20). The number of rotatable bonds is 0. The molecule has 1 aliphatic rings. The third-order valence-electron chi connectivity index (χ3n) is 3.20. The molecule has 0 spiro atoms. The Kier molecular flexibility index (Phi) is 8.63. The van der Waals surface area contributed by atoms with Crippen LogP contribution in [0.5, 0.6) is 0 Å². The van der Waals surface area contributed by atoms with Gasteiger partial charge in [0.2, 0.25) is 23.6 Å². The van der Waals surface area contributed by atoms with Gasteiger partial charge in [0.1, 0.15) is 0 Å². The maximum atomic E-state index is 11.5. The zero-order valence-electron chi connectivity index (χ0n) is 12.7. The first-order valence-corrected chi connectivity index (χ1v) is 7.64. The van der Waals surface area contributed by atoms with Crippen molar-refractivity contribution in [1.82, 2.24) is 21.3 Å². The SMILES string of the molecule is O=C1CCCCNC(=O)CNC(=O)CCCCNC(=O)CN1. The molecule has 1 heterocycles. The molecule has 0 bridgehead atoms. The number of hydrogen-bond acceptors (Lipinski definition) is 4. The second-order valence-corrected chi connectivity index (χ2v) is 5.17. The minimum Gasteiger partial charge on any atom is -0.355 e. The minimum absolute atomic E-state index is 0.0317. The number of carbonyl (C=O) groups is 4. The highest BCUT2D eigenvalue weighted by Gasteiger charge is 2.08. The van der Waals surface area contributed by atoms with Gasteiger partial charge in [-0.15, -0.1) is 0 Å². The van der Waals surface area contributed by atoms with E-state index < -0.39 is 0 Å². The van der Waals surface area contributed by atoms with E-state index in [2.05, 4.69) is 21.3 Å². The van der Waals surface area contributed by atoms with Crippen LogP contribution in [0.25, 0.3) is 0 Å². The zero-order valence-corrected chi connectivity index (χ0v) is 12.7. The van der Waals surface area contributed by atoms with Crippen molar-refractivity contribution in [1.29, 1.82) is 0 Å². The van der Waals surface area contributed by atoms with Gasteiger partial charge in [-0.1, -0.05) is 0 Å². The first-order chi connectivity index (χ1) is 10.6. The highest BCUT2D eigenvalue weighted by atomic mass is 16.2. The summed E-state index contributed by atoms with van der Waals surface area (Å²) < 4.78 is 0. The van der Waals surface area contributed by atoms with Crippen LogP contribution in [-0.4, -0.2) is 49.8 Å². The van der Waals surface area contributed by atoms with Crippen LogP contribution in [0.4, 0.5) is 0 Å². The van der Waals surface area contributed by atoms with Gasteiger partial charge in [0, 0.05) is 25.9 Å². The van der Waals surface area contributed by atoms with Crippen molar-refractivity contribution in [3.63, 3.8) is 0 Å². The van der Waals surface area contributed by atoms with Crippen molar-refractivity contribution in [3.8, 4) is 0 Å². The van der Waals surface area contributed by atoms with Crippen LogP contribution >= 0.6 is 0 Å². The van der Waals surface area contributed by atoms with Crippen molar-refractivity contribution >= 4 is 23.6 Å². The molecule has 4 N–H and O–H groups in total. The van der Waals surface area contributed by atoms with Crippen molar-refractivity contribution in [2.45, 2.75) is 38.5 Å². The summed E-state index contributed by atoms with van der Waals surface area (Å²) in [6.45, 7) is 0.858. The lowest BCUT2D eigenvalue weighted by atomic mass is 10.2. The Morgan fingerprint density at radius 3 is 1.32 bits per heavy atom. The lowest BCUT2D eigenvalue weighted by Crippen LogP contribution is -2.38. The van der Waals surface area contributed by atoms with E-state index >= 15 is 0 Å². The van der Waals surface area contributed by atoms with E-state index in [4.69, 9.17) is 0 Å². The van der Waals surface area contributed by atoms with Gasteiger partial charge in [-0.2, -0.15) is 0 Å². The van der Waals surface area contributed by atoms with Gasteiger partial charge in [0.05, 0.1) is 13.1 Å². The summed E-state index contributed by atoms with van der Waals surface area (Å²) >= 11 is 0. The van der Waals surface area contributed by atoms with Gasteiger partial charge in [0.25, 0.3) is 0 Å². The molecule has 0 aliphatic carbocycles. The molecule has 0 unspecified atom stereocenters. The first-order valence-electron chi connectivity index (χ1n) is 7.64. The fourth-order valence-electron chi connectivity index (χ4n) is 1.94. The summed E-state index contributed by atoms with van der Waals surface area (Å²) in [6, 6.07) is 0. The average molecular weight is 312 g/mol. The van der Waals surface area contributed by atoms with Gasteiger partial charge >= 0.3 is 0 Å². The van der Waals surface area contributed by atoms with E-state index in [1.807, 2.05) is 0 Å². The number of hydrogen-bond donors (Lipinski definition) is 4. The molecule has 1 aliphatic heterocycles. The van der Waals surface area contributed by atoms with Crippen LogP contribution in [0.1, 0.15) is 38.5 Å². The molecule has 0 aromatic rings. The Hall–Kier alpha value is -2.12. The summed E-state index contributed by atoms with van der Waals surface area (Å²) in [5.74, 6) is -0.804. The van der Waals surface area contributed by atoms with Gasteiger partial charge in [0.15, 0.2) is 0 Å². The Labute approximate surface area is 129 Å². The van der Waals surface area contributed by atoms with E-state index in [0.29, 0.717) is 51.6 Å². The van der Waals surface area contributed by atoms with E-state index in [1.165, 1.54) is 0 Å². The largest absolute Gasteiger partial charge is 0.355 e. The molecule has 1 fully saturated rings. The second-order valence-electron chi connectivity index (χ2n) is 5.17. The van der Waals surface area contributed by atoms with Crippen LogP contribution in [-0.2, 0) is 19.2 Å². The van der Waals surface area contributed by atoms with E-state index in [1.54, 1.807) is 0 Å². The summed E-state index contributed by atoms with van der Waals surface area (Å²) in [5, 5.41) is 10.5. The lowest BCUT2D eigenvalue weighted by Gasteiger charge is -2.09. The topological polar surface area (TPSA) is 116 Å². The Morgan fingerprint density at radius 1 is 0.500 bits per heavy atom. The lowest BCUT2D eigenvalue weighted by molar-refractivity contribution is -0.126. The smallest absolute Gasteiger partial charge is 0.239 e. The molecule has 124 valence electrons. The van der Waals surface area contributed by atoms with Crippen LogP contribution in [0.3, 0.4) is 0 Å². The minimum atomic E-state index is -0.230. The zero-order chi connectivity index (χ0) is 16.2. The van der Waals surface area contributed by atoms with Crippen molar-refractivity contribution in [3.05, 3.63) is 0 Å². The Morgan fingerprint density at radius 2 is 0.909 bits per heavy atom. The number of amides is 4. The van der Waals surface area contributed by atoms with E-state index in [9.17, 15) is 19.2 Å². The number of carbonyl (C=O) groups excluding carboxylic acids is 4. The molecule has 1 rings (SSSR count). The Balaban J connectivity index is 2.38. The molecule has 0 aromatic carbocycles. The maximum absolute atomic E-state index is 11.5. The van der Waals surface area contributed by atoms with Crippen molar-refractivity contribution in [2.75, 3.05) is 26.2 Å². The summed E-state index contributed by atoms with van der Waals surface area (Å²) in [7, 11) is 0. The predicted molar refractivity (Wildman–Crippen MR) is 79.7 cm³/mol. The predicted octanol–water partition coefficient (Wildman–Crippen LogP) is -1.19. The molecule has 1 saturated heterocycles. The average Bonchev–Trinajstić information content (AvgIpc) is 2.49. The third kappa shape index (κ3) is 8.93. The molecule has 4 amide bonds. The fraction of sp³-hybridized carbons (Fsp3) is 0.714. The quantitative estimate of drug-likeness (QED) is 0.450. The first kappa shape index (κ1) is 17.9. The van der Waals surface area contributed by atoms with Gasteiger partial charge in [-0.3, -0.25) is 19.2 Å². The van der Waals surface area contributed by atoms with Crippen LogP contribution < -0.4 is 21.3 Å². The maximum Gasteiger partial charge on any atom is 0.239 e.